The van der Waals surface area contributed by atoms with Gasteiger partial charge in [-0.15, -0.1) is 0 Å². The molecular formula is C18H21F2N3O. The summed E-state index contributed by atoms with van der Waals surface area (Å²) in [5.41, 5.74) is 2.98. The molecule has 1 saturated carbocycles. The zero-order chi connectivity index (χ0) is 17.2. The first kappa shape index (κ1) is 16.8. The average Bonchev–Trinajstić information content (AvgIpc) is 2.56. The predicted octanol–water partition coefficient (Wildman–Crippen LogP) is 3.93. The smallest absolute Gasteiger partial charge is 0.248 e. The van der Waals surface area contributed by atoms with Gasteiger partial charge in [-0.1, -0.05) is 6.07 Å². The topological polar surface area (TPSA) is 58.0 Å². The number of aromatic nitrogens is 2. The van der Waals surface area contributed by atoms with Gasteiger partial charge in [0.15, 0.2) is 0 Å². The molecular weight excluding hydrogens is 312 g/mol. The number of hydrogen-bond donors (Lipinski definition) is 2. The fraction of sp³-hybridized carbons (Fsp3) is 0.444. The number of aliphatic hydroxyl groups excluding tert-OH is 1. The number of anilines is 1. The number of halogens is 2. The Hall–Kier alpha value is -2.08. The van der Waals surface area contributed by atoms with Crippen LogP contribution in [-0.4, -0.2) is 27.0 Å². The van der Waals surface area contributed by atoms with Gasteiger partial charge in [-0.05, 0) is 49.6 Å². The van der Waals surface area contributed by atoms with Crippen LogP contribution in [0.2, 0.25) is 0 Å². The number of rotatable bonds is 4. The van der Waals surface area contributed by atoms with Crippen LogP contribution in [0.15, 0.2) is 30.3 Å². The van der Waals surface area contributed by atoms with Crippen molar-refractivity contribution < 1.29 is 13.9 Å². The summed E-state index contributed by atoms with van der Waals surface area (Å²) in [4.78, 5) is 9.01. The lowest BCUT2D eigenvalue weighted by atomic mass is 9.92. The van der Waals surface area contributed by atoms with E-state index in [1.807, 2.05) is 25.1 Å². The summed E-state index contributed by atoms with van der Waals surface area (Å²) in [5, 5.41) is 12.7. The monoisotopic (exact) mass is 333 g/mol. The number of nitrogens with zero attached hydrogens (tertiary/aromatic N) is 2. The Morgan fingerprint density at radius 1 is 1.17 bits per heavy atom. The quantitative estimate of drug-likeness (QED) is 0.890. The zero-order valence-corrected chi connectivity index (χ0v) is 13.6. The number of aryl methyl sites for hydroxylation is 1. The van der Waals surface area contributed by atoms with Crippen molar-refractivity contribution in [3.8, 4) is 11.4 Å². The van der Waals surface area contributed by atoms with Crippen molar-refractivity contribution in [3.63, 3.8) is 0 Å². The molecule has 0 unspecified atom stereocenters. The lowest BCUT2D eigenvalue weighted by Gasteiger charge is -2.29. The summed E-state index contributed by atoms with van der Waals surface area (Å²) in [6.45, 7) is 1.79. The highest BCUT2D eigenvalue weighted by atomic mass is 19.3. The Balaban J connectivity index is 1.82. The maximum Gasteiger partial charge on any atom is 0.248 e. The minimum Gasteiger partial charge on any atom is -0.392 e. The highest BCUT2D eigenvalue weighted by Crippen LogP contribution is 2.34. The van der Waals surface area contributed by atoms with E-state index in [1.165, 1.54) is 0 Å². The molecule has 0 bridgehead atoms. The third-order valence-corrected chi connectivity index (χ3v) is 4.29. The predicted molar refractivity (Wildman–Crippen MR) is 89.0 cm³/mol. The molecule has 4 nitrogen and oxygen atoms in total. The first-order chi connectivity index (χ1) is 11.4. The van der Waals surface area contributed by atoms with Crippen LogP contribution in [0.25, 0.3) is 11.4 Å². The van der Waals surface area contributed by atoms with Crippen LogP contribution in [0, 0.1) is 6.92 Å². The van der Waals surface area contributed by atoms with Gasteiger partial charge in [0.1, 0.15) is 5.82 Å². The largest absolute Gasteiger partial charge is 0.392 e. The molecule has 2 heterocycles. The van der Waals surface area contributed by atoms with Gasteiger partial charge in [0.05, 0.1) is 18.0 Å². The summed E-state index contributed by atoms with van der Waals surface area (Å²) in [5.74, 6) is -1.95. The van der Waals surface area contributed by atoms with E-state index in [0.29, 0.717) is 29.9 Å². The van der Waals surface area contributed by atoms with Crippen molar-refractivity contribution in [2.75, 3.05) is 5.32 Å². The SMILES string of the molecule is Cc1cccc(-c2cc(CO)cc(NC3CCC(F)(F)CC3)n2)n1. The molecule has 24 heavy (non-hydrogen) atoms. The lowest BCUT2D eigenvalue weighted by molar-refractivity contribution is -0.0361. The van der Waals surface area contributed by atoms with Crippen molar-refractivity contribution in [2.45, 2.75) is 51.2 Å². The normalized spacial score (nSPS) is 17.7. The summed E-state index contributed by atoms with van der Waals surface area (Å²) in [7, 11) is 0. The molecule has 1 fully saturated rings. The fourth-order valence-corrected chi connectivity index (χ4v) is 2.96. The van der Waals surface area contributed by atoms with Crippen molar-refractivity contribution in [1.29, 1.82) is 0 Å². The molecule has 2 aromatic heterocycles. The van der Waals surface area contributed by atoms with Crippen LogP contribution in [-0.2, 0) is 6.61 Å². The maximum absolute atomic E-state index is 13.3. The summed E-state index contributed by atoms with van der Waals surface area (Å²) >= 11 is 0. The molecule has 1 aliphatic carbocycles. The molecule has 0 atom stereocenters. The summed E-state index contributed by atoms with van der Waals surface area (Å²) in [6, 6.07) is 9.20. The third-order valence-electron chi connectivity index (χ3n) is 4.29. The van der Waals surface area contributed by atoms with Crippen LogP contribution in [0.5, 0.6) is 0 Å². The van der Waals surface area contributed by atoms with E-state index in [0.717, 1.165) is 11.4 Å². The number of aliphatic hydroxyl groups is 1. The summed E-state index contributed by atoms with van der Waals surface area (Å²) < 4.78 is 26.5. The second-order valence-corrected chi connectivity index (χ2v) is 6.34. The number of nitrogens with one attached hydrogen (secondary N) is 1. The van der Waals surface area contributed by atoms with Gasteiger partial charge in [0, 0.05) is 24.6 Å². The van der Waals surface area contributed by atoms with Crippen LogP contribution >= 0.6 is 0 Å². The van der Waals surface area contributed by atoms with Gasteiger partial charge in [0.2, 0.25) is 5.92 Å². The van der Waals surface area contributed by atoms with E-state index < -0.39 is 5.92 Å². The van der Waals surface area contributed by atoms with Gasteiger partial charge in [-0.25, -0.2) is 13.8 Å². The number of pyridine rings is 2. The second kappa shape index (κ2) is 6.81. The molecule has 2 aromatic rings. The van der Waals surface area contributed by atoms with Crippen molar-refractivity contribution >= 4 is 5.82 Å². The Labute approximate surface area is 140 Å². The van der Waals surface area contributed by atoms with Gasteiger partial charge >= 0.3 is 0 Å². The van der Waals surface area contributed by atoms with Gasteiger partial charge in [0.25, 0.3) is 0 Å². The molecule has 1 aliphatic rings. The molecule has 0 radical (unpaired) electrons. The average molecular weight is 333 g/mol. The van der Waals surface area contributed by atoms with Gasteiger partial charge in [-0.2, -0.15) is 0 Å². The first-order valence-electron chi connectivity index (χ1n) is 8.15. The number of alkyl halides is 2. The zero-order valence-electron chi connectivity index (χ0n) is 13.6. The van der Waals surface area contributed by atoms with Gasteiger partial charge in [-0.3, -0.25) is 4.98 Å². The standard InChI is InChI=1S/C18H21F2N3O/c1-12-3-2-4-15(21-12)16-9-13(11-24)10-17(23-16)22-14-5-7-18(19,20)8-6-14/h2-4,9-10,14,24H,5-8,11H2,1H3,(H,22,23). The van der Waals surface area contributed by atoms with E-state index in [4.69, 9.17) is 0 Å². The Bertz CT molecular complexity index is 711. The molecule has 0 aromatic carbocycles. The molecule has 0 aliphatic heterocycles. The maximum atomic E-state index is 13.3. The van der Waals surface area contributed by atoms with E-state index in [9.17, 15) is 13.9 Å². The van der Waals surface area contributed by atoms with Crippen LogP contribution < -0.4 is 5.32 Å². The number of hydrogen-bond acceptors (Lipinski definition) is 4. The molecule has 0 spiro atoms. The first-order valence-corrected chi connectivity index (χ1v) is 8.15. The third kappa shape index (κ3) is 4.06. The molecule has 128 valence electrons. The Morgan fingerprint density at radius 3 is 2.58 bits per heavy atom. The highest BCUT2D eigenvalue weighted by Gasteiger charge is 2.34. The van der Waals surface area contributed by atoms with E-state index in [-0.39, 0.29) is 25.5 Å². The van der Waals surface area contributed by atoms with Crippen molar-refractivity contribution in [2.24, 2.45) is 0 Å². The van der Waals surface area contributed by atoms with Gasteiger partial charge < -0.3 is 10.4 Å². The Kier molecular flexibility index (Phi) is 4.76. The lowest BCUT2D eigenvalue weighted by Crippen LogP contribution is -2.32. The van der Waals surface area contributed by atoms with E-state index >= 15 is 0 Å². The van der Waals surface area contributed by atoms with Crippen LogP contribution in [0.1, 0.15) is 36.9 Å². The van der Waals surface area contributed by atoms with Crippen molar-refractivity contribution in [3.05, 3.63) is 41.6 Å². The Morgan fingerprint density at radius 2 is 1.92 bits per heavy atom. The molecule has 3 rings (SSSR count). The highest BCUT2D eigenvalue weighted by molar-refractivity contribution is 5.59. The molecule has 2 N–H and O–H groups in total. The molecule has 6 heteroatoms. The van der Waals surface area contributed by atoms with E-state index in [1.54, 1.807) is 12.1 Å². The van der Waals surface area contributed by atoms with E-state index in [2.05, 4.69) is 15.3 Å². The van der Waals surface area contributed by atoms with Crippen LogP contribution in [0.3, 0.4) is 0 Å². The summed E-state index contributed by atoms with van der Waals surface area (Å²) in [6.07, 6.45) is 0.624. The van der Waals surface area contributed by atoms with Crippen molar-refractivity contribution in [1.82, 2.24) is 9.97 Å². The molecule has 0 saturated heterocycles. The molecule has 0 amide bonds. The minimum atomic E-state index is -2.55. The van der Waals surface area contributed by atoms with Crippen LogP contribution in [0.4, 0.5) is 14.6 Å². The second-order valence-electron chi connectivity index (χ2n) is 6.34. The minimum absolute atomic E-state index is 0.0237. The fourth-order valence-electron chi connectivity index (χ4n) is 2.96.